The van der Waals surface area contributed by atoms with Crippen molar-refractivity contribution in [2.24, 2.45) is 0 Å². The van der Waals surface area contributed by atoms with E-state index < -0.39 is 5.97 Å². The molecule has 0 unspecified atom stereocenters. The maximum atomic E-state index is 12.3. The average molecular weight is 416 g/mol. The van der Waals surface area contributed by atoms with E-state index in [0.29, 0.717) is 15.7 Å². The summed E-state index contributed by atoms with van der Waals surface area (Å²) >= 11 is 4.24. The highest BCUT2D eigenvalue weighted by Crippen LogP contribution is 2.34. The van der Waals surface area contributed by atoms with Crippen LogP contribution >= 0.6 is 34.0 Å². The van der Waals surface area contributed by atoms with Gasteiger partial charge < -0.3 is 10.1 Å². The molecule has 0 spiro atoms. The molecule has 0 aliphatic rings. The normalized spacial score (nSPS) is 10.9. The van der Waals surface area contributed by atoms with Crippen LogP contribution in [0.4, 0.5) is 5.13 Å². The summed E-state index contributed by atoms with van der Waals surface area (Å²) in [6.07, 6.45) is 0. The number of carbonyl (C=O) groups excluding carboxylic acids is 2. The molecule has 4 aromatic rings. The predicted octanol–water partition coefficient (Wildman–Crippen LogP) is 4.80. The standard InChI is InChI=1S/C18H13N3O3S3/c1-10(22)19-18-20-11(9-25-18)8-24-17(23)15-7-6-14(26-15)16-21-12-4-2-3-5-13(12)27-16/h2-7,9H,8H2,1H3,(H,19,20,22). The van der Waals surface area contributed by atoms with Crippen LogP contribution in [0.25, 0.3) is 20.1 Å². The van der Waals surface area contributed by atoms with Crippen molar-refractivity contribution in [2.45, 2.75) is 13.5 Å². The first kappa shape index (κ1) is 17.8. The predicted molar refractivity (Wildman–Crippen MR) is 108 cm³/mol. The minimum absolute atomic E-state index is 0.0588. The zero-order valence-electron chi connectivity index (χ0n) is 14.1. The van der Waals surface area contributed by atoms with Gasteiger partial charge in [0.25, 0.3) is 0 Å². The van der Waals surface area contributed by atoms with Gasteiger partial charge in [-0.3, -0.25) is 4.79 Å². The minimum Gasteiger partial charge on any atom is -0.455 e. The monoisotopic (exact) mass is 415 g/mol. The average Bonchev–Trinajstić information content (AvgIpc) is 3.37. The Kier molecular flexibility index (Phi) is 4.97. The van der Waals surface area contributed by atoms with E-state index in [9.17, 15) is 9.59 Å². The second-order valence-corrected chi connectivity index (χ2v) is 8.52. The molecule has 136 valence electrons. The Morgan fingerprint density at radius 2 is 1.96 bits per heavy atom. The number of nitrogens with zero attached hydrogens (tertiary/aromatic N) is 2. The second kappa shape index (κ2) is 7.55. The van der Waals surface area contributed by atoms with Gasteiger partial charge in [-0.1, -0.05) is 12.1 Å². The molecule has 9 heteroatoms. The molecule has 0 saturated heterocycles. The smallest absolute Gasteiger partial charge is 0.348 e. The van der Waals surface area contributed by atoms with E-state index in [0.717, 1.165) is 20.1 Å². The number of hydrogen-bond donors (Lipinski definition) is 1. The molecule has 0 radical (unpaired) electrons. The van der Waals surface area contributed by atoms with Crippen molar-refractivity contribution in [3.05, 3.63) is 52.3 Å². The fraction of sp³-hybridized carbons (Fsp3) is 0.111. The number of hydrogen-bond acceptors (Lipinski definition) is 8. The van der Waals surface area contributed by atoms with Gasteiger partial charge in [0.1, 0.15) is 16.5 Å². The summed E-state index contributed by atoms with van der Waals surface area (Å²) in [5, 5.41) is 5.73. The summed E-state index contributed by atoms with van der Waals surface area (Å²) in [6.45, 7) is 1.48. The van der Waals surface area contributed by atoms with Gasteiger partial charge in [-0.05, 0) is 24.3 Å². The molecule has 1 amide bonds. The van der Waals surface area contributed by atoms with E-state index in [4.69, 9.17) is 4.74 Å². The van der Waals surface area contributed by atoms with Crippen LogP contribution in [-0.4, -0.2) is 21.8 Å². The van der Waals surface area contributed by atoms with Gasteiger partial charge in [0.15, 0.2) is 5.13 Å². The summed E-state index contributed by atoms with van der Waals surface area (Å²) in [4.78, 5) is 33.6. The van der Waals surface area contributed by atoms with Crippen molar-refractivity contribution in [3.8, 4) is 9.88 Å². The van der Waals surface area contributed by atoms with Crippen molar-refractivity contribution in [2.75, 3.05) is 5.32 Å². The third-order valence-electron chi connectivity index (χ3n) is 3.50. The largest absolute Gasteiger partial charge is 0.455 e. The first-order chi connectivity index (χ1) is 13.1. The number of benzene rings is 1. The molecular weight excluding hydrogens is 402 g/mol. The summed E-state index contributed by atoms with van der Waals surface area (Å²) in [5.74, 6) is -0.588. The number of aromatic nitrogens is 2. The van der Waals surface area contributed by atoms with Gasteiger partial charge in [0, 0.05) is 12.3 Å². The third-order valence-corrected chi connectivity index (χ3v) is 6.58. The molecule has 27 heavy (non-hydrogen) atoms. The van der Waals surface area contributed by atoms with Crippen molar-refractivity contribution in [3.63, 3.8) is 0 Å². The summed E-state index contributed by atoms with van der Waals surface area (Å²) in [7, 11) is 0. The molecule has 0 saturated carbocycles. The molecule has 0 bridgehead atoms. The molecule has 3 heterocycles. The van der Waals surface area contributed by atoms with E-state index in [-0.39, 0.29) is 12.5 Å². The van der Waals surface area contributed by atoms with E-state index in [2.05, 4.69) is 15.3 Å². The first-order valence-electron chi connectivity index (χ1n) is 7.93. The minimum atomic E-state index is -0.401. The fourth-order valence-electron chi connectivity index (χ4n) is 2.33. The van der Waals surface area contributed by atoms with Crippen LogP contribution in [0.2, 0.25) is 0 Å². The number of thiazole rings is 2. The maximum absolute atomic E-state index is 12.3. The second-order valence-electron chi connectivity index (χ2n) is 5.55. The number of esters is 1. The van der Waals surface area contributed by atoms with Gasteiger partial charge in [0.05, 0.1) is 20.8 Å². The Morgan fingerprint density at radius 1 is 1.11 bits per heavy atom. The molecule has 0 fully saturated rings. The molecule has 0 atom stereocenters. The molecule has 0 aliphatic carbocycles. The molecule has 3 aromatic heterocycles. The van der Waals surface area contributed by atoms with Crippen LogP contribution in [0, 0.1) is 0 Å². The number of para-hydroxylation sites is 1. The quantitative estimate of drug-likeness (QED) is 0.474. The number of thiophene rings is 1. The van der Waals surface area contributed by atoms with Gasteiger partial charge in [0.2, 0.25) is 5.91 Å². The maximum Gasteiger partial charge on any atom is 0.348 e. The molecule has 6 nitrogen and oxygen atoms in total. The van der Waals surface area contributed by atoms with Gasteiger partial charge in [-0.25, -0.2) is 14.8 Å². The molecule has 1 N–H and O–H groups in total. The number of carbonyl (C=O) groups is 2. The molecule has 0 aliphatic heterocycles. The summed E-state index contributed by atoms with van der Waals surface area (Å²) in [5.41, 5.74) is 1.55. The number of rotatable bonds is 5. The lowest BCUT2D eigenvalue weighted by Crippen LogP contribution is -2.06. The fourth-order valence-corrected chi connectivity index (χ4v) is 4.99. The van der Waals surface area contributed by atoms with Crippen molar-refractivity contribution in [1.82, 2.24) is 9.97 Å². The lowest BCUT2D eigenvalue weighted by atomic mass is 10.3. The molecular formula is C18H13N3O3S3. The van der Waals surface area contributed by atoms with Gasteiger partial charge >= 0.3 is 5.97 Å². The van der Waals surface area contributed by atoms with Crippen molar-refractivity contribution in [1.29, 1.82) is 0 Å². The highest BCUT2D eigenvalue weighted by atomic mass is 32.1. The number of amides is 1. The Labute approximate surface area is 166 Å². The number of ether oxygens (including phenoxy) is 1. The first-order valence-corrected chi connectivity index (χ1v) is 10.4. The van der Waals surface area contributed by atoms with E-state index in [1.807, 2.05) is 30.3 Å². The number of anilines is 1. The molecule has 4 rings (SSSR count). The van der Waals surface area contributed by atoms with Crippen LogP contribution in [0.3, 0.4) is 0 Å². The van der Waals surface area contributed by atoms with E-state index in [1.54, 1.807) is 22.8 Å². The number of fused-ring (bicyclic) bond motifs is 1. The van der Waals surface area contributed by atoms with E-state index in [1.165, 1.54) is 29.6 Å². The Balaban J connectivity index is 1.42. The van der Waals surface area contributed by atoms with Crippen LogP contribution in [0.15, 0.2) is 41.8 Å². The van der Waals surface area contributed by atoms with Gasteiger partial charge in [-0.15, -0.1) is 34.0 Å². The van der Waals surface area contributed by atoms with E-state index >= 15 is 0 Å². The van der Waals surface area contributed by atoms with Crippen LogP contribution in [0.1, 0.15) is 22.3 Å². The van der Waals surface area contributed by atoms with Crippen LogP contribution < -0.4 is 5.32 Å². The van der Waals surface area contributed by atoms with Gasteiger partial charge in [-0.2, -0.15) is 0 Å². The third kappa shape index (κ3) is 4.05. The summed E-state index contributed by atoms with van der Waals surface area (Å²) < 4.78 is 6.44. The lowest BCUT2D eigenvalue weighted by Gasteiger charge is -2.00. The van der Waals surface area contributed by atoms with Crippen LogP contribution in [0.5, 0.6) is 0 Å². The zero-order valence-corrected chi connectivity index (χ0v) is 16.5. The highest BCUT2D eigenvalue weighted by Gasteiger charge is 2.15. The Morgan fingerprint density at radius 3 is 2.78 bits per heavy atom. The number of nitrogens with one attached hydrogen (secondary N) is 1. The summed E-state index contributed by atoms with van der Waals surface area (Å²) in [6, 6.07) is 11.6. The van der Waals surface area contributed by atoms with Crippen LogP contribution in [-0.2, 0) is 16.1 Å². The Hall–Kier alpha value is -2.62. The molecule has 1 aromatic carbocycles. The topological polar surface area (TPSA) is 81.2 Å². The zero-order chi connectivity index (χ0) is 18.8. The van der Waals surface area contributed by atoms with Crippen molar-refractivity contribution < 1.29 is 14.3 Å². The highest BCUT2D eigenvalue weighted by molar-refractivity contribution is 7.26. The lowest BCUT2D eigenvalue weighted by molar-refractivity contribution is -0.114. The SMILES string of the molecule is CC(=O)Nc1nc(COC(=O)c2ccc(-c3nc4ccccc4s3)s2)cs1. The van der Waals surface area contributed by atoms with Crippen molar-refractivity contribution >= 4 is 61.2 Å². The Bertz CT molecular complexity index is 1100.